The van der Waals surface area contributed by atoms with Gasteiger partial charge in [0.15, 0.2) is 0 Å². The lowest BCUT2D eigenvalue weighted by molar-refractivity contribution is -0.137. The SMILES string of the molecule is O=C(Nc1ccc(C(F)(F)F)cc1)C1CC1. The largest absolute Gasteiger partial charge is 0.416 e. The van der Waals surface area contributed by atoms with Gasteiger partial charge in [0, 0.05) is 11.6 Å². The number of carbonyl (C=O) groups is 1. The molecule has 0 aromatic heterocycles. The van der Waals surface area contributed by atoms with Crippen LogP contribution in [0.1, 0.15) is 18.4 Å². The number of amides is 1. The van der Waals surface area contributed by atoms with Crippen LogP contribution in [-0.4, -0.2) is 5.91 Å². The van der Waals surface area contributed by atoms with E-state index in [0.29, 0.717) is 5.69 Å². The molecule has 1 saturated carbocycles. The number of benzene rings is 1. The van der Waals surface area contributed by atoms with Crippen LogP contribution in [0.5, 0.6) is 0 Å². The molecular weight excluding hydrogens is 219 g/mol. The van der Waals surface area contributed by atoms with Gasteiger partial charge in [-0.25, -0.2) is 0 Å². The van der Waals surface area contributed by atoms with Gasteiger partial charge in [-0.3, -0.25) is 4.79 Å². The highest BCUT2D eigenvalue weighted by Crippen LogP contribution is 2.32. The molecule has 2 nitrogen and oxygen atoms in total. The zero-order valence-corrected chi connectivity index (χ0v) is 8.34. The summed E-state index contributed by atoms with van der Waals surface area (Å²) in [7, 11) is 0. The van der Waals surface area contributed by atoms with Crippen molar-refractivity contribution in [3.05, 3.63) is 29.8 Å². The zero-order valence-electron chi connectivity index (χ0n) is 8.34. The summed E-state index contributed by atoms with van der Waals surface area (Å²) in [5, 5.41) is 2.58. The predicted molar refractivity (Wildman–Crippen MR) is 52.8 cm³/mol. The molecule has 16 heavy (non-hydrogen) atoms. The first-order chi connectivity index (χ1) is 7.47. The number of nitrogens with one attached hydrogen (secondary N) is 1. The van der Waals surface area contributed by atoms with Crippen LogP contribution in [0.25, 0.3) is 0 Å². The number of halogens is 3. The quantitative estimate of drug-likeness (QED) is 0.829. The summed E-state index contributed by atoms with van der Waals surface area (Å²) in [5.74, 6) is -0.0675. The molecule has 1 aromatic rings. The molecule has 5 heteroatoms. The number of carbonyl (C=O) groups excluding carboxylic acids is 1. The van der Waals surface area contributed by atoms with E-state index in [2.05, 4.69) is 5.32 Å². The highest BCUT2D eigenvalue weighted by Gasteiger charge is 2.31. The second kappa shape index (κ2) is 3.81. The first kappa shape index (κ1) is 11.0. The van der Waals surface area contributed by atoms with Crippen molar-refractivity contribution in [1.82, 2.24) is 0 Å². The molecule has 0 unspecified atom stereocenters. The molecule has 0 saturated heterocycles. The minimum atomic E-state index is -4.33. The van der Waals surface area contributed by atoms with Gasteiger partial charge < -0.3 is 5.32 Å². The van der Waals surface area contributed by atoms with Crippen molar-refractivity contribution in [2.24, 2.45) is 5.92 Å². The number of rotatable bonds is 2. The summed E-state index contributed by atoms with van der Waals surface area (Å²) >= 11 is 0. The molecule has 1 fully saturated rings. The second-order valence-electron chi connectivity index (χ2n) is 3.84. The fourth-order valence-corrected chi connectivity index (χ4v) is 1.33. The molecule has 1 aromatic carbocycles. The predicted octanol–water partition coefficient (Wildman–Crippen LogP) is 3.05. The standard InChI is InChI=1S/C11H10F3NO/c12-11(13,14)8-3-5-9(6-4-8)15-10(16)7-1-2-7/h3-7H,1-2H2,(H,15,16). The van der Waals surface area contributed by atoms with E-state index in [1.54, 1.807) is 0 Å². The van der Waals surface area contributed by atoms with Crippen molar-refractivity contribution in [3.8, 4) is 0 Å². The summed E-state index contributed by atoms with van der Waals surface area (Å²) in [6.45, 7) is 0. The molecule has 1 aliphatic rings. The van der Waals surface area contributed by atoms with Crippen LogP contribution in [0, 0.1) is 5.92 Å². The third kappa shape index (κ3) is 2.53. The smallest absolute Gasteiger partial charge is 0.326 e. The van der Waals surface area contributed by atoms with Gasteiger partial charge in [-0.05, 0) is 37.1 Å². The minimum Gasteiger partial charge on any atom is -0.326 e. The van der Waals surface area contributed by atoms with Gasteiger partial charge in [0.25, 0.3) is 0 Å². The van der Waals surface area contributed by atoms with E-state index in [1.807, 2.05) is 0 Å². The summed E-state index contributed by atoms with van der Waals surface area (Å²) in [6.07, 6.45) is -2.60. The Bertz CT molecular complexity index is 393. The molecule has 0 bridgehead atoms. The molecule has 1 amide bonds. The Labute approximate surface area is 90.5 Å². The Morgan fingerprint density at radius 3 is 2.19 bits per heavy atom. The number of alkyl halides is 3. The molecule has 1 aliphatic carbocycles. The third-order valence-electron chi connectivity index (χ3n) is 2.43. The summed E-state index contributed by atoms with van der Waals surface area (Å²) < 4.78 is 36.7. The monoisotopic (exact) mass is 229 g/mol. The molecule has 0 radical (unpaired) electrons. The van der Waals surface area contributed by atoms with E-state index in [-0.39, 0.29) is 11.8 Å². The van der Waals surface area contributed by atoms with Gasteiger partial charge >= 0.3 is 6.18 Å². The van der Waals surface area contributed by atoms with Gasteiger partial charge in [-0.2, -0.15) is 13.2 Å². The van der Waals surface area contributed by atoms with E-state index >= 15 is 0 Å². The summed E-state index contributed by atoms with van der Waals surface area (Å²) in [6, 6.07) is 4.46. The molecule has 0 aliphatic heterocycles. The second-order valence-corrected chi connectivity index (χ2v) is 3.84. The van der Waals surface area contributed by atoms with Crippen molar-refractivity contribution in [1.29, 1.82) is 0 Å². The minimum absolute atomic E-state index is 0.0438. The lowest BCUT2D eigenvalue weighted by atomic mass is 10.2. The fraction of sp³-hybridized carbons (Fsp3) is 0.364. The van der Waals surface area contributed by atoms with Gasteiger partial charge in [0.05, 0.1) is 5.56 Å². The van der Waals surface area contributed by atoms with E-state index in [9.17, 15) is 18.0 Å². The number of hydrogen-bond acceptors (Lipinski definition) is 1. The average molecular weight is 229 g/mol. The third-order valence-corrected chi connectivity index (χ3v) is 2.43. The summed E-state index contributed by atoms with van der Waals surface area (Å²) in [4.78, 5) is 11.3. The maximum Gasteiger partial charge on any atom is 0.416 e. The van der Waals surface area contributed by atoms with Crippen molar-refractivity contribution >= 4 is 11.6 Å². The Balaban J connectivity index is 2.04. The Morgan fingerprint density at radius 2 is 1.75 bits per heavy atom. The summed E-state index contributed by atoms with van der Waals surface area (Å²) in [5.41, 5.74) is -0.304. The van der Waals surface area contributed by atoms with Crippen LogP contribution in [0.15, 0.2) is 24.3 Å². The van der Waals surface area contributed by atoms with Gasteiger partial charge in [0.1, 0.15) is 0 Å². The average Bonchev–Trinajstić information content (AvgIpc) is 3.00. The van der Waals surface area contributed by atoms with Crippen LogP contribution in [0.4, 0.5) is 18.9 Å². The van der Waals surface area contributed by atoms with Crippen LogP contribution in [-0.2, 0) is 11.0 Å². The molecule has 86 valence electrons. The maximum atomic E-state index is 12.2. The van der Waals surface area contributed by atoms with Crippen molar-refractivity contribution in [3.63, 3.8) is 0 Å². The van der Waals surface area contributed by atoms with E-state index in [0.717, 1.165) is 25.0 Å². The van der Waals surface area contributed by atoms with E-state index < -0.39 is 11.7 Å². The van der Waals surface area contributed by atoms with Gasteiger partial charge in [-0.1, -0.05) is 0 Å². The van der Waals surface area contributed by atoms with Gasteiger partial charge in [-0.15, -0.1) is 0 Å². The van der Waals surface area contributed by atoms with Crippen molar-refractivity contribution in [2.75, 3.05) is 5.32 Å². The van der Waals surface area contributed by atoms with Crippen molar-refractivity contribution < 1.29 is 18.0 Å². The lowest BCUT2D eigenvalue weighted by Crippen LogP contribution is -2.13. The Hall–Kier alpha value is -1.52. The first-order valence-corrected chi connectivity index (χ1v) is 4.95. The van der Waals surface area contributed by atoms with Gasteiger partial charge in [0.2, 0.25) is 5.91 Å². The van der Waals surface area contributed by atoms with E-state index in [1.165, 1.54) is 12.1 Å². The number of anilines is 1. The van der Waals surface area contributed by atoms with Crippen LogP contribution in [0.2, 0.25) is 0 Å². The molecule has 0 atom stereocenters. The van der Waals surface area contributed by atoms with Crippen LogP contribution >= 0.6 is 0 Å². The van der Waals surface area contributed by atoms with Crippen LogP contribution < -0.4 is 5.32 Å². The number of hydrogen-bond donors (Lipinski definition) is 1. The molecule has 0 heterocycles. The Morgan fingerprint density at radius 1 is 1.19 bits per heavy atom. The van der Waals surface area contributed by atoms with Crippen molar-refractivity contribution in [2.45, 2.75) is 19.0 Å². The molecular formula is C11H10F3NO. The zero-order chi connectivity index (χ0) is 11.8. The van der Waals surface area contributed by atoms with E-state index in [4.69, 9.17) is 0 Å². The normalized spacial score (nSPS) is 15.9. The van der Waals surface area contributed by atoms with Crippen LogP contribution in [0.3, 0.4) is 0 Å². The molecule has 1 N–H and O–H groups in total. The highest BCUT2D eigenvalue weighted by atomic mass is 19.4. The molecule has 0 spiro atoms. The fourth-order valence-electron chi connectivity index (χ4n) is 1.33. The highest BCUT2D eigenvalue weighted by molar-refractivity contribution is 5.93. The first-order valence-electron chi connectivity index (χ1n) is 4.95. The maximum absolute atomic E-state index is 12.2. The molecule has 2 rings (SSSR count). The topological polar surface area (TPSA) is 29.1 Å². The lowest BCUT2D eigenvalue weighted by Gasteiger charge is -2.08. The Kier molecular flexibility index (Phi) is 2.61.